The smallest absolute Gasteiger partial charge is 0.404 e. The van der Waals surface area contributed by atoms with Crippen LogP contribution in [0.25, 0.3) is 0 Å². The highest BCUT2D eigenvalue weighted by Gasteiger charge is 2.14. The van der Waals surface area contributed by atoms with Crippen LogP contribution in [0.5, 0.6) is 0 Å². The molecule has 0 aliphatic carbocycles. The summed E-state index contributed by atoms with van der Waals surface area (Å²) in [7, 11) is 0. The van der Waals surface area contributed by atoms with Crippen molar-refractivity contribution in [2.45, 2.75) is 19.1 Å². The van der Waals surface area contributed by atoms with Crippen molar-refractivity contribution in [1.82, 2.24) is 20.2 Å². The van der Waals surface area contributed by atoms with E-state index in [-0.39, 0.29) is 0 Å². The molecule has 94 valence electrons. The summed E-state index contributed by atoms with van der Waals surface area (Å²) in [6.45, 7) is 0.366. The second-order valence-corrected chi connectivity index (χ2v) is 3.78. The lowest BCUT2D eigenvalue weighted by molar-refractivity contribution is 0.0930. The highest BCUT2D eigenvalue weighted by atomic mass is 16.6. The van der Waals surface area contributed by atoms with Gasteiger partial charge in [0.2, 0.25) is 0 Å². The number of rotatable bonds is 5. The summed E-state index contributed by atoms with van der Waals surface area (Å²) in [6, 6.07) is 9.68. The van der Waals surface area contributed by atoms with Crippen molar-refractivity contribution in [1.29, 1.82) is 0 Å². The van der Waals surface area contributed by atoms with Gasteiger partial charge in [-0.1, -0.05) is 30.3 Å². The number of benzene rings is 1. The van der Waals surface area contributed by atoms with Crippen LogP contribution in [0.3, 0.4) is 0 Å². The molecule has 0 saturated heterocycles. The first-order chi connectivity index (χ1) is 8.74. The lowest BCUT2D eigenvalue weighted by Gasteiger charge is -2.16. The van der Waals surface area contributed by atoms with Crippen molar-refractivity contribution < 1.29 is 9.53 Å². The van der Waals surface area contributed by atoms with Crippen LogP contribution in [0, 0.1) is 0 Å². The van der Waals surface area contributed by atoms with Gasteiger partial charge in [-0.2, -0.15) is 0 Å². The number of tetrazole rings is 1. The molecule has 0 aliphatic rings. The van der Waals surface area contributed by atoms with Crippen molar-refractivity contribution in [2.24, 2.45) is 5.73 Å². The quantitative estimate of drug-likeness (QED) is 0.823. The molecule has 1 atom stereocenters. The predicted octanol–water partition coefficient (Wildman–Crippen LogP) is 0.380. The fraction of sp³-hybridized carbons (Fsp3) is 0.273. The van der Waals surface area contributed by atoms with Crippen molar-refractivity contribution in [3.05, 3.63) is 42.2 Å². The third kappa shape index (κ3) is 3.55. The Morgan fingerprint density at radius 2 is 2.17 bits per heavy atom. The summed E-state index contributed by atoms with van der Waals surface area (Å²) in [5.74, 6) is 0. The van der Waals surface area contributed by atoms with E-state index in [1.54, 1.807) is 0 Å². The number of hydrogen-bond donors (Lipinski definition) is 1. The van der Waals surface area contributed by atoms with Crippen LogP contribution in [0.2, 0.25) is 0 Å². The molecule has 1 unspecified atom stereocenters. The summed E-state index contributed by atoms with van der Waals surface area (Å²) in [6.07, 6.45) is 0.823. The monoisotopic (exact) mass is 247 g/mol. The molecule has 0 fully saturated rings. The van der Waals surface area contributed by atoms with Gasteiger partial charge < -0.3 is 10.5 Å². The van der Waals surface area contributed by atoms with Crippen LogP contribution < -0.4 is 5.73 Å². The Balaban J connectivity index is 2.03. The minimum Gasteiger partial charge on any atom is -0.444 e. The van der Waals surface area contributed by atoms with Gasteiger partial charge in [0.05, 0.1) is 6.54 Å². The third-order valence-electron chi connectivity index (χ3n) is 2.37. The van der Waals surface area contributed by atoms with E-state index in [0.717, 1.165) is 5.56 Å². The molecule has 1 amide bonds. The Labute approximate surface area is 104 Å². The number of nitrogens with zero attached hydrogens (tertiary/aromatic N) is 4. The maximum absolute atomic E-state index is 10.9. The fourth-order valence-electron chi connectivity index (χ4n) is 1.66. The van der Waals surface area contributed by atoms with Crippen molar-refractivity contribution in [2.75, 3.05) is 0 Å². The molecule has 0 spiro atoms. The first-order valence-electron chi connectivity index (χ1n) is 5.45. The molecule has 7 heteroatoms. The Hall–Kier alpha value is -2.44. The summed E-state index contributed by atoms with van der Waals surface area (Å²) in [4.78, 5) is 10.9. The molecule has 18 heavy (non-hydrogen) atoms. The Morgan fingerprint density at radius 3 is 2.78 bits per heavy atom. The molecular weight excluding hydrogens is 234 g/mol. The highest BCUT2D eigenvalue weighted by Crippen LogP contribution is 2.07. The van der Waals surface area contributed by atoms with Crippen molar-refractivity contribution >= 4 is 6.09 Å². The molecule has 7 nitrogen and oxygen atoms in total. The summed E-state index contributed by atoms with van der Waals surface area (Å²) < 4.78 is 6.55. The van der Waals surface area contributed by atoms with Crippen LogP contribution in [0.15, 0.2) is 36.7 Å². The number of aromatic nitrogens is 4. The zero-order valence-electron chi connectivity index (χ0n) is 9.64. The van der Waals surface area contributed by atoms with Crippen molar-refractivity contribution in [3.8, 4) is 0 Å². The Kier molecular flexibility index (Phi) is 3.85. The Bertz CT molecular complexity index is 485. The summed E-state index contributed by atoms with van der Waals surface area (Å²) >= 11 is 0. The largest absolute Gasteiger partial charge is 0.444 e. The number of nitrogens with two attached hydrogens (primary N) is 1. The van der Waals surface area contributed by atoms with E-state index in [1.165, 1.54) is 11.0 Å². The van der Waals surface area contributed by atoms with Crippen molar-refractivity contribution in [3.63, 3.8) is 0 Å². The maximum Gasteiger partial charge on any atom is 0.404 e. The van der Waals surface area contributed by atoms with Crippen LogP contribution in [-0.4, -0.2) is 32.4 Å². The van der Waals surface area contributed by atoms with E-state index in [9.17, 15) is 4.79 Å². The first-order valence-corrected chi connectivity index (χ1v) is 5.45. The molecular formula is C11H13N5O2. The molecule has 0 saturated carbocycles. The summed E-state index contributed by atoms with van der Waals surface area (Å²) in [5, 5.41) is 10.8. The minimum absolute atomic E-state index is 0.366. The lowest BCUT2D eigenvalue weighted by atomic mass is 10.1. The molecule has 2 rings (SSSR count). The van der Waals surface area contributed by atoms with Gasteiger partial charge in [-0.3, -0.25) is 0 Å². The number of ether oxygens (including phenoxy) is 1. The average molecular weight is 247 g/mol. The standard InChI is InChI=1S/C11H13N5O2/c12-11(17)18-10(7-16-8-13-14-15-16)6-9-4-2-1-3-5-9/h1-5,8,10H,6-7H2,(H2,12,17). The van der Waals surface area contributed by atoms with E-state index in [4.69, 9.17) is 10.5 Å². The second-order valence-electron chi connectivity index (χ2n) is 3.78. The molecule has 1 aromatic carbocycles. The first kappa shape index (κ1) is 12.0. The zero-order chi connectivity index (χ0) is 12.8. The normalized spacial score (nSPS) is 12.0. The van der Waals surface area contributed by atoms with Gasteiger partial charge in [-0.25, -0.2) is 9.48 Å². The lowest BCUT2D eigenvalue weighted by Crippen LogP contribution is -2.29. The van der Waals surface area contributed by atoms with Gasteiger partial charge in [0.1, 0.15) is 12.4 Å². The summed E-state index contributed by atoms with van der Waals surface area (Å²) in [5.41, 5.74) is 6.11. The van der Waals surface area contributed by atoms with Gasteiger partial charge in [-0.05, 0) is 16.0 Å². The van der Waals surface area contributed by atoms with Gasteiger partial charge >= 0.3 is 6.09 Å². The molecule has 0 aliphatic heterocycles. The highest BCUT2D eigenvalue weighted by molar-refractivity contribution is 5.64. The molecule has 2 aromatic rings. The number of carbonyl (C=O) groups is 1. The SMILES string of the molecule is NC(=O)OC(Cc1ccccc1)Cn1cnnn1. The van der Waals surface area contributed by atoms with Crippen LogP contribution in [-0.2, 0) is 17.7 Å². The van der Waals surface area contributed by atoms with Crippen LogP contribution in [0.1, 0.15) is 5.56 Å². The van der Waals surface area contributed by atoms with Gasteiger partial charge in [0, 0.05) is 6.42 Å². The van der Waals surface area contributed by atoms with Gasteiger partial charge in [0.25, 0.3) is 0 Å². The zero-order valence-corrected chi connectivity index (χ0v) is 9.64. The average Bonchev–Trinajstić information content (AvgIpc) is 2.82. The third-order valence-corrected chi connectivity index (χ3v) is 2.37. The number of carbonyl (C=O) groups excluding carboxylic acids is 1. The van der Waals surface area contributed by atoms with E-state index in [1.807, 2.05) is 30.3 Å². The molecule has 2 N–H and O–H groups in total. The molecule has 1 heterocycles. The van der Waals surface area contributed by atoms with Gasteiger partial charge in [-0.15, -0.1) is 5.10 Å². The molecule has 0 radical (unpaired) electrons. The second kappa shape index (κ2) is 5.76. The van der Waals surface area contributed by atoms with E-state index < -0.39 is 12.2 Å². The van der Waals surface area contributed by atoms with Crippen LogP contribution in [0.4, 0.5) is 4.79 Å². The Morgan fingerprint density at radius 1 is 1.39 bits per heavy atom. The minimum atomic E-state index is -0.802. The molecule has 1 aromatic heterocycles. The van der Waals surface area contributed by atoms with E-state index >= 15 is 0 Å². The number of primary amides is 1. The van der Waals surface area contributed by atoms with E-state index in [0.29, 0.717) is 13.0 Å². The maximum atomic E-state index is 10.9. The van der Waals surface area contributed by atoms with Crippen LogP contribution >= 0.6 is 0 Å². The predicted molar refractivity (Wildman–Crippen MR) is 62.4 cm³/mol. The van der Waals surface area contributed by atoms with E-state index in [2.05, 4.69) is 15.5 Å². The topological polar surface area (TPSA) is 95.9 Å². The number of amides is 1. The van der Waals surface area contributed by atoms with Gasteiger partial charge in [0.15, 0.2) is 0 Å². The fourth-order valence-corrected chi connectivity index (χ4v) is 1.66. The number of hydrogen-bond acceptors (Lipinski definition) is 5. The molecule has 0 bridgehead atoms.